The predicted octanol–water partition coefficient (Wildman–Crippen LogP) is 2.79. The minimum absolute atomic E-state index is 0.0105. The van der Waals surface area contributed by atoms with Gasteiger partial charge in [0.25, 0.3) is 5.91 Å². The van der Waals surface area contributed by atoms with Crippen LogP contribution in [0.5, 0.6) is 0 Å². The van der Waals surface area contributed by atoms with Gasteiger partial charge in [0.15, 0.2) is 5.82 Å². The first-order chi connectivity index (χ1) is 9.63. The summed E-state index contributed by atoms with van der Waals surface area (Å²) in [6.45, 7) is -0.0952. The van der Waals surface area contributed by atoms with Crippen LogP contribution in [0, 0.1) is 17.1 Å². The molecule has 0 saturated heterocycles. The molecule has 6 heteroatoms. The van der Waals surface area contributed by atoms with Crippen molar-refractivity contribution < 1.29 is 9.18 Å². The standard InChI is InChI=1S/C14H9ClFN3O/c15-11-3-1-2-10(13(11)16)12-8-9(4-6-18-12)14(20)19-7-5-17/h1-4,6,8H,7H2,(H,19,20). The highest BCUT2D eigenvalue weighted by Gasteiger charge is 2.12. The highest BCUT2D eigenvalue weighted by molar-refractivity contribution is 6.31. The van der Waals surface area contributed by atoms with E-state index in [1.54, 1.807) is 12.1 Å². The number of benzene rings is 1. The third-order valence-corrected chi connectivity index (χ3v) is 2.87. The second kappa shape index (κ2) is 6.13. The van der Waals surface area contributed by atoms with Crippen molar-refractivity contribution in [3.63, 3.8) is 0 Å². The lowest BCUT2D eigenvalue weighted by Crippen LogP contribution is -2.23. The molecule has 1 heterocycles. The summed E-state index contributed by atoms with van der Waals surface area (Å²) in [5.74, 6) is -1.01. The molecule has 0 radical (unpaired) electrons. The fraction of sp³-hybridized carbons (Fsp3) is 0.0714. The van der Waals surface area contributed by atoms with Crippen molar-refractivity contribution in [2.45, 2.75) is 0 Å². The molecule has 0 aliphatic carbocycles. The number of carbonyl (C=O) groups excluding carboxylic acids is 1. The van der Waals surface area contributed by atoms with Gasteiger partial charge in [-0.15, -0.1) is 0 Å². The van der Waals surface area contributed by atoms with Crippen molar-refractivity contribution in [3.8, 4) is 17.3 Å². The van der Waals surface area contributed by atoms with E-state index in [4.69, 9.17) is 16.9 Å². The van der Waals surface area contributed by atoms with Crippen LogP contribution in [0.1, 0.15) is 10.4 Å². The number of nitrogens with one attached hydrogen (secondary N) is 1. The molecule has 1 N–H and O–H groups in total. The molecule has 2 rings (SSSR count). The predicted molar refractivity (Wildman–Crippen MR) is 72.6 cm³/mol. The number of aromatic nitrogens is 1. The average Bonchev–Trinajstić information content (AvgIpc) is 2.47. The maximum atomic E-state index is 13.9. The summed E-state index contributed by atoms with van der Waals surface area (Å²) in [7, 11) is 0. The molecule has 1 aromatic heterocycles. The van der Waals surface area contributed by atoms with Gasteiger partial charge in [0.05, 0.1) is 16.8 Å². The summed E-state index contributed by atoms with van der Waals surface area (Å²) in [5.41, 5.74) is 0.812. The van der Waals surface area contributed by atoms with Gasteiger partial charge in [-0.3, -0.25) is 9.78 Å². The Morgan fingerprint density at radius 2 is 2.25 bits per heavy atom. The maximum Gasteiger partial charge on any atom is 0.252 e. The third kappa shape index (κ3) is 2.92. The van der Waals surface area contributed by atoms with Crippen LogP contribution >= 0.6 is 11.6 Å². The first kappa shape index (κ1) is 14.0. The molecule has 0 saturated carbocycles. The minimum Gasteiger partial charge on any atom is -0.339 e. The molecule has 2 aromatic rings. The van der Waals surface area contributed by atoms with Crippen molar-refractivity contribution in [2.75, 3.05) is 6.54 Å². The molecule has 20 heavy (non-hydrogen) atoms. The van der Waals surface area contributed by atoms with Gasteiger partial charge in [-0.2, -0.15) is 5.26 Å². The lowest BCUT2D eigenvalue weighted by Gasteiger charge is -2.06. The number of carbonyl (C=O) groups is 1. The molecule has 0 spiro atoms. The molecular weight excluding hydrogens is 281 g/mol. The number of pyridine rings is 1. The molecule has 0 aliphatic rings. The number of amides is 1. The summed E-state index contributed by atoms with van der Waals surface area (Å²) >= 11 is 5.72. The van der Waals surface area contributed by atoms with Gasteiger partial charge >= 0.3 is 0 Å². The number of halogens is 2. The lowest BCUT2D eigenvalue weighted by molar-refractivity contribution is 0.0958. The Morgan fingerprint density at radius 1 is 1.45 bits per heavy atom. The van der Waals surface area contributed by atoms with Crippen molar-refractivity contribution in [3.05, 3.63) is 52.9 Å². The van der Waals surface area contributed by atoms with Crippen LogP contribution in [0.4, 0.5) is 4.39 Å². The molecule has 1 aromatic carbocycles. The first-order valence-electron chi connectivity index (χ1n) is 5.69. The summed E-state index contributed by atoms with van der Waals surface area (Å²) < 4.78 is 13.9. The number of hydrogen-bond acceptors (Lipinski definition) is 3. The van der Waals surface area contributed by atoms with Gasteiger partial charge in [-0.05, 0) is 24.3 Å². The van der Waals surface area contributed by atoms with E-state index in [9.17, 15) is 9.18 Å². The van der Waals surface area contributed by atoms with Crippen LogP contribution in [0.15, 0.2) is 36.5 Å². The maximum absolute atomic E-state index is 13.9. The molecule has 0 unspecified atom stereocenters. The fourth-order valence-corrected chi connectivity index (χ4v) is 1.82. The fourth-order valence-electron chi connectivity index (χ4n) is 1.64. The molecule has 0 bridgehead atoms. The Bertz CT molecular complexity index is 697. The molecule has 0 fully saturated rings. The van der Waals surface area contributed by atoms with E-state index >= 15 is 0 Å². The van der Waals surface area contributed by atoms with E-state index in [1.165, 1.54) is 30.5 Å². The van der Waals surface area contributed by atoms with E-state index in [2.05, 4.69) is 10.3 Å². The topological polar surface area (TPSA) is 65.8 Å². The Morgan fingerprint density at radius 3 is 3.00 bits per heavy atom. The van der Waals surface area contributed by atoms with Crippen LogP contribution in [0.25, 0.3) is 11.3 Å². The van der Waals surface area contributed by atoms with E-state index in [0.717, 1.165) is 0 Å². The van der Waals surface area contributed by atoms with Crippen molar-refractivity contribution >= 4 is 17.5 Å². The molecule has 100 valence electrons. The summed E-state index contributed by atoms with van der Waals surface area (Å²) in [6.07, 6.45) is 1.40. The Balaban J connectivity index is 2.37. The quantitative estimate of drug-likeness (QED) is 0.884. The lowest BCUT2D eigenvalue weighted by atomic mass is 10.1. The van der Waals surface area contributed by atoms with E-state index < -0.39 is 11.7 Å². The van der Waals surface area contributed by atoms with Crippen LogP contribution in [0.3, 0.4) is 0 Å². The van der Waals surface area contributed by atoms with Gasteiger partial charge in [-0.25, -0.2) is 4.39 Å². The van der Waals surface area contributed by atoms with Crippen LogP contribution in [0.2, 0.25) is 5.02 Å². The van der Waals surface area contributed by atoms with E-state index in [-0.39, 0.29) is 17.1 Å². The molecule has 4 nitrogen and oxygen atoms in total. The normalized spacial score (nSPS) is 9.85. The van der Waals surface area contributed by atoms with Crippen LogP contribution in [-0.2, 0) is 0 Å². The van der Waals surface area contributed by atoms with Gasteiger partial charge in [-0.1, -0.05) is 17.7 Å². The minimum atomic E-state index is -0.587. The van der Waals surface area contributed by atoms with Crippen LogP contribution in [-0.4, -0.2) is 17.4 Å². The molecule has 0 aliphatic heterocycles. The van der Waals surface area contributed by atoms with Crippen molar-refractivity contribution in [1.29, 1.82) is 5.26 Å². The van der Waals surface area contributed by atoms with Crippen molar-refractivity contribution in [1.82, 2.24) is 10.3 Å². The van der Waals surface area contributed by atoms with Crippen molar-refractivity contribution in [2.24, 2.45) is 0 Å². The molecular formula is C14H9ClFN3O. The first-order valence-corrected chi connectivity index (χ1v) is 6.07. The highest BCUT2D eigenvalue weighted by Crippen LogP contribution is 2.26. The SMILES string of the molecule is N#CCNC(=O)c1ccnc(-c2cccc(Cl)c2F)c1. The molecule has 1 amide bonds. The smallest absolute Gasteiger partial charge is 0.252 e. The average molecular weight is 290 g/mol. The number of hydrogen-bond donors (Lipinski definition) is 1. The van der Waals surface area contributed by atoms with Crippen LogP contribution < -0.4 is 5.32 Å². The summed E-state index contributed by atoms with van der Waals surface area (Å²) in [6, 6.07) is 9.30. The summed E-state index contributed by atoms with van der Waals surface area (Å²) in [4.78, 5) is 15.8. The Labute approximate surface area is 119 Å². The Hall–Kier alpha value is -2.45. The van der Waals surface area contributed by atoms with Gasteiger partial charge in [0.1, 0.15) is 6.54 Å². The number of rotatable bonds is 3. The Kier molecular flexibility index (Phi) is 4.28. The zero-order valence-corrected chi connectivity index (χ0v) is 11.0. The largest absolute Gasteiger partial charge is 0.339 e. The second-order valence-electron chi connectivity index (χ2n) is 3.87. The van der Waals surface area contributed by atoms with Gasteiger partial charge in [0.2, 0.25) is 0 Å². The summed E-state index contributed by atoms with van der Waals surface area (Å²) in [5, 5.41) is 10.8. The second-order valence-corrected chi connectivity index (χ2v) is 4.28. The van der Waals surface area contributed by atoms with Gasteiger partial charge < -0.3 is 5.32 Å². The zero-order valence-electron chi connectivity index (χ0n) is 10.2. The third-order valence-electron chi connectivity index (χ3n) is 2.58. The monoisotopic (exact) mass is 289 g/mol. The molecule has 0 atom stereocenters. The van der Waals surface area contributed by atoms with E-state index in [0.29, 0.717) is 11.3 Å². The van der Waals surface area contributed by atoms with E-state index in [1.807, 2.05) is 0 Å². The highest BCUT2D eigenvalue weighted by atomic mass is 35.5. The number of nitrogens with zero attached hydrogens (tertiary/aromatic N) is 2. The number of nitriles is 1. The van der Waals surface area contributed by atoms with Gasteiger partial charge in [0, 0.05) is 17.3 Å². The zero-order chi connectivity index (χ0) is 14.5.